The number of hydrogen-bond donors (Lipinski definition) is 1. The van der Waals surface area contributed by atoms with Gasteiger partial charge in [0.25, 0.3) is 0 Å². The number of hydrogen-bond acceptors (Lipinski definition) is 8. The lowest BCUT2D eigenvalue weighted by Gasteiger charge is -2.26. The fourth-order valence-corrected chi connectivity index (χ4v) is 4.11. The minimum absolute atomic E-state index is 0.0128. The summed E-state index contributed by atoms with van der Waals surface area (Å²) in [6, 6.07) is 16.2. The minimum atomic E-state index is -0.868. The minimum Gasteiger partial charge on any atom is -0.618 e. The van der Waals surface area contributed by atoms with Gasteiger partial charge in [-0.05, 0) is 42.3 Å². The predicted molar refractivity (Wildman–Crippen MR) is 135 cm³/mol. The summed E-state index contributed by atoms with van der Waals surface area (Å²) in [6.45, 7) is 3.32. The van der Waals surface area contributed by atoms with E-state index in [1.807, 2.05) is 48.5 Å². The highest BCUT2D eigenvalue weighted by Gasteiger charge is 2.31. The zero-order valence-corrected chi connectivity index (χ0v) is 21.5. The molecule has 196 valence electrons. The van der Waals surface area contributed by atoms with Crippen LogP contribution in [0, 0.1) is 11.1 Å². The van der Waals surface area contributed by atoms with Gasteiger partial charge in [-0.2, -0.15) is 4.73 Å². The number of carbonyl (C=O) groups excluding carboxylic acids is 2. The summed E-state index contributed by atoms with van der Waals surface area (Å²) >= 11 is 0. The van der Waals surface area contributed by atoms with E-state index in [-0.39, 0.29) is 22.8 Å². The number of pyridine rings is 1. The molecule has 0 unspecified atom stereocenters. The average molecular weight is 510 g/mol. The maximum Gasteiger partial charge on any atom is 0.309 e. The highest BCUT2D eigenvalue weighted by molar-refractivity contribution is 5.98. The molecule has 1 N–H and O–H groups in total. The molecule has 1 heterocycles. The first-order valence-electron chi connectivity index (χ1n) is 11.7. The van der Waals surface area contributed by atoms with Gasteiger partial charge in [-0.15, -0.1) is 0 Å². The molecule has 3 aromatic rings. The van der Waals surface area contributed by atoms with Gasteiger partial charge in [-0.1, -0.05) is 31.2 Å². The van der Waals surface area contributed by atoms with Gasteiger partial charge in [0.2, 0.25) is 11.5 Å². The largest absolute Gasteiger partial charge is 0.618 e. The first-order valence-corrected chi connectivity index (χ1v) is 11.7. The maximum absolute atomic E-state index is 13.0. The molecule has 0 spiro atoms. The topological polar surface area (TPSA) is 118 Å². The van der Waals surface area contributed by atoms with Crippen molar-refractivity contribution in [3.8, 4) is 23.0 Å². The monoisotopic (exact) mass is 509 g/mol. The normalized spacial score (nSPS) is 12.5. The van der Waals surface area contributed by atoms with E-state index in [1.165, 1.54) is 20.1 Å². The number of Topliss-reactive ketones (excluding diaryl/α,β-unsaturated/α-hetero) is 1. The van der Waals surface area contributed by atoms with E-state index in [0.29, 0.717) is 11.5 Å². The molecule has 0 radical (unpaired) electrons. The van der Waals surface area contributed by atoms with Crippen molar-refractivity contribution >= 4 is 11.8 Å². The van der Waals surface area contributed by atoms with Crippen LogP contribution in [0.1, 0.15) is 47.8 Å². The number of carbonyl (C=O) groups is 2. The highest BCUT2D eigenvalue weighted by atomic mass is 16.5. The van der Waals surface area contributed by atoms with E-state index >= 15 is 0 Å². The summed E-state index contributed by atoms with van der Waals surface area (Å²) in [7, 11) is 4.48. The van der Waals surface area contributed by atoms with E-state index in [4.69, 9.17) is 18.9 Å². The highest BCUT2D eigenvalue weighted by Crippen LogP contribution is 2.33. The van der Waals surface area contributed by atoms with Crippen molar-refractivity contribution in [2.24, 2.45) is 5.92 Å². The number of aromatic nitrogens is 1. The molecule has 9 nitrogen and oxygen atoms in total. The van der Waals surface area contributed by atoms with Crippen LogP contribution in [0.3, 0.4) is 0 Å². The lowest BCUT2D eigenvalue weighted by Crippen LogP contribution is -2.35. The molecule has 9 heteroatoms. The van der Waals surface area contributed by atoms with Crippen molar-refractivity contribution in [2.75, 3.05) is 21.3 Å². The Morgan fingerprint density at radius 2 is 1.38 bits per heavy atom. The van der Waals surface area contributed by atoms with Gasteiger partial charge in [0.05, 0.1) is 27.2 Å². The summed E-state index contributed by atoms with van der Waals surface area (Å²) in [5.41, 5.74) is 1.33. The summed E-state index contributed by atoms with van der Waals surface area (Å²) in [4.78, 5) is 25.8. The summed E-state index contributed by atoms with van der Waals surface area (Å²) in [5.74, 6) is -1.67. The molecule has 0 saturated heterocycles. The van der Waals surface area contributed by atoms with Crippen LogP contribution in [-0.2, 0) is 9.53 Å². The lowest BCUT2D eigenvalue weighted by atomic mass is 9.87. The van der Waals surface area contributed by atoms with Crippen molar-refractivity contribution < 1.29 is 38.4 Å². The van der Waals surface area contributed by atoms with Gasteiger partial charge in [-0.3, -0.25) is 9.59 Å². The molecule has 0 fully saturated rings. The van der Waals surface area contributed by atoms with Gasteiger partial charge in [-0.25, -0.2) is 0 Å². The molecule has 0 aliphatic heterocycles. The zero-order valence-electron chi connectivity index (χ0n) is 21.5. The van der Waals surface area contributed by atoms with Crippen LogP contribution in [0.4, 0.5) is 0 Å². The molecule has 0 amide bonds. The van der Waals surface area contributed by atoms with Crippen LogP contribution in [0.5, 0.6) is 23.0 Å². The third-order valence-electron chi connectivity index (χ3n) is 6.14. The Morgan fingerprint density at radius 3 is 1.84 bits per heavy atom. The van der Waals surface area contributed by atoms with Crippen molar-refractivity contribution in [1.82, 2.24) is 0 Å². The number of nitrogens with zero attached hydrogens (tertiary/aromatic N) is 1. The maximum atomic E-state index is 13.0. The van der Waals surface area contributed by atoms with Crippen LogP contribution < -0.4 is 18.9 Å². The fraction of sp³-hybridized carbons (Fsp3) is 0.321. The molecule has 0 bridgehead atoms. The second kappa shape index (κ2) is 12.1. The van der Waals surface area contributed by atoms with Crippen molar-refractivity contribution in [3.63, 3.8) is 0 Å². The van der Waals surface area contributed by atoms with Gasteiger partial charge >= 0.3 is 11.7 Å². The zero-order chi connectivity index (χ0) is 27.1. The third-order valence-corrected chi connectivity index (χ3v) is 6.14. The van der Waals surface area contributed by atoms with Gasteiger partial charge in [0.15, 0.2) is 11.9 Å². The molecule has 3 rings (SSSR count). The second-order valence-electron chi connectivity index (χ2n) is 8.60. The smallest absolute Gasteiger partial charge is 0.309 e. The molecule has 1 aromatic heterocycles. The summed E-state index contributed by atoms with van der Waals surface area (Å²) < 4.78 is 21.6. The molecule has 2 aromatic carbocycles. The fourth-order valence-electron chi connectivity index (χ4n) is 4.11. The Bertz CT molecular complexity index is 1180. The molecule has 2 atom stereocenters. The predicted octanol–water partition coefficient (Wildman–Crippen LogP) is 4.02. The molecule has 37 heavy (non-hydrogen) atoms. The number of ether oxygens (including phenoxy) is 4. The van der Waals surface area contributed by atoms with E-state index in [9.17, 15) is 19.9 Å². The number of ketones is 1. The van der Waals surface area contributed by atoms with Gasteiger partial charge in [0, 0.05) is 18.4 Å². The Balaban J connectivity index is 1.80. The Kier molecular flexibility index (Phi) is 8.95. The first kappa shape index (κ1) is 27.3. The summed E-state index contributed by atoms with van der Waals surface area (Å²) in [5, 5.41) is 22.4. The van der Waals surface area contributed by atoms with Crippen LogP contribution >= 0.6 is 0 Å². The van der Waals surface area contributed by atoms with Crippen LogP contribution in [-0.4, -0.2) is 44.3 Å². The first-order chi connectivity index (χ1) is 17.7. The SMILES string of the molecule is COc1ccc(C(c2ccc(OC)cc2)[C@H](C)OC(=O)[C@H](C)CC(=O)c2c(O)c(OC)cc[n+]2[O-])cc1. The molecule has 0 aliphatic rings. The van der Waals surface area contributed by atoms with E-state index < -0.39 is 35.2 Å². The van der Waals surface area contributed by atoms with Gasteiger partial charge < -0.3 is 29.3 Å². The number of methoxy groups -OCH3 is 3. The van der Waals surface area contributed by atoms with Gasteiger partial charge in [0.1, 0.15) is 17.6 Å². The van der Waals surface area contributed by atoms with Crippen molar-refractivity contribution in [1.29, 1.82) is 0 Å². The van der Waals surface area contributed by atoms with Crippen LogP contribution in [0.2, 0.25) is 0 Å². The summed E-state index contributed by atoms with van der Waals surface area (Å²) in [6.07, 6.45) is 0.136. The molecular formula is C28H31NO8. The Hall–Kier alpha value is -4.27. The number of esters is 1. The van der Waals surface area contributed by atoms with Crippen LogP contribution in [0.25, 0.3) is 0 Å². The standard InChI is InChI=1S/C28H31NO8/c1-17(16-23(30)26-27(31)24(36-5)14-15-29(26)33)28(32)37-18(2)25(19-6-10-21(34-3)11-7-19)20-8-12-22(35-4)13-9-20/h6-15,17-18,25,31H,16H2,1-5H3/t17-,18+/m1/s1. The van der Waals surface area contributed by atoms with E-state index in [0.717, 1.165) is 17.3 Å². The van der Waals surface area contributed by atoms with Crippen molar-refractivity contribution in [3.05, 3.63) is 82.8 Å². The number of aromatic hydroxyl groups is 1. The van der Waals surface area contributed by atoms with Crippen molar-refractivity contribution in [2.45, 2.75) is 32.3 Å². The number of benzene rings is 2. The molecule has 0 saturated carbocycles. The molecule has 0 aliphatic carbocycles. The average Bonchev–Trinajstić information content (AvgIpc) is 2.89. The lowest BCUT2D eigenvalue weighted by molar-refractivity contribution is -0.608. The second-order valence-corrected chi connectivity index (χ2v) is 8.60. The van der Waals surface area contributed by atoms with E-state index in [1.54, 1.807) is 21.1 Å². The molecular weight excluding hydrogens is 478 g/mol. The van der Waals surface area contributed by atoms with Crippen LogP contribution in [0.15, 0.2) is 60.8 Å². The Morgan fingerprint density at radius 1 is 0.865 bits per heavy atom. The quantitative estimate of drug-likeness (QED) is 0.178. The Labute approximate surface area is 215 Å². The third kappa shape index (κ3) is 6.30. The number of rotatable bonds is 11. The van der Waals surface area contributed by atoms with E-state index in [2.05, 4.69) is 0 Å².